The number of ether oxygens (including phenoxy) is 1. The summed E-state index contributed by atoms with van der Waals surface area (Å²) in [4.78, 5) is 25.0. The Morgan fingerprint density at radius 2 is 1.89 bits per heavy atom. The normalized spacial score (nSPS) is 23.4. The highest BCUT2D eigenvalue weighted by Gasteiger charge is 2.52. The second-order valence-corrected chi connectivity index (χ2v) is 7.53. The number of nitrogens with one attached hydrogen (secondary N) is 1. The van der Waals surface area contributed by atoms with E-state index in [-0.39, 0.29) is 11.9 Å². The van der Waals surface area contributed by atoms with E-state index in [1.165, 1.54) is 4.90 Å². The molecule has 0 spiro atoms. The third-order valence-corrected chi connectivity index (χ3v) is 5.43. The Kier molecular flexibility index (Phi) is 4.53. The van der Waals surface area contributed by atoms with E-state index in [2.05, 4.69) is 5.32 Å². The summed E-state index contributed by atoms with van der Waals surface area (Å²) in [6, 6.07) is 14.2. The minimum Gasteiger partial charge on any atom is -0.465 e. The van der Waals surface area contributed by atoms with E-state index in [1.54, 1.807) is 24.3 Å². The first kappa shape index (κ1) is 17.8. The van der Waals surface area contributed by atoms with Crippen LogP contribution in [0, 0.1) is 0 Å². The molecule has 0 aromatic heterocycles. The van der Waals surface area contributed by atoms with Gasteiger partial charge in [0, 0.05) is 29.1 Å². The van der Waals surface area contributed by atoms with E-state index in [0.717, 1.165) is 12.0 Å². The van der Waals surface area contributed by atoms with Crippen molar-refractivity contribution in [1.82, 2.24) is 4.90 Å². The summed E-state index contributed by atoms with van der Waals surface area (Å²) in [5, 5.41) is 12.7. The van der Waals surface area contributed by atoms with Crippen molar-refractivity contribution >= 4 is 29.3 Å². The number of hydrogen-bond acceptors (Lipinski definition) is 3. The number of nitrogens with zero attached hydrogens (tertiary/aromatic N) is 1. The van der Waals surface area contributed by atoms with Crippen LogP contribution in [0.1, 0.15) is 22.3 Å². The van der Waals surface area contributed by atoms with Gasteiger partial charge in [-0.05, 0) is 42.0 Å². The molecule has 0 radical (unpaired) electrons. The molecule has 2 saturated heterocycles. The standard InChI is InChI=1S/C20H19ClN2O4/c21-15-5-3-14(4-6-15)18(24)22-16-7-1-13(2-8-16)9-20-10-17(11-27-20)23(12-20)19(25)26/h1-8,17H,9-12H2,(H,22,24)(H,25,26)/t17-,20-/m1/s1. The zero-order chi connectivity index (χ0) is 19.0. The maximum Gasteiger partial charge on any atom is 0.407 e. The van der Waals surface area contributed by atoms with Crippen LogP contribution >= 0.6 is 11.6 Å². The van der Waals surface area contributed by atoms with Gasteiger partial charge in [-0.1, -0.05) is 23.7 Å². The molecule has 2 atom stereocenters. The lowest BCUT2D eigenvalue weighted by atomic mass is 9.93. The number of halogens is 1. The van der Waals surface area contributed by atoms with Crippen LogP contribution in [0.3, 0.4) is 0 Å². The summed E-state index contributed by atoms with van der Waals surface area (Å²) in [5.41, 5.74) is 1.84. The zero-order valence-corrected chi connectivity index (χ0v) is 15.3. The molecule has 2 aliphatic heterocycles. The van der Waals surface area contributed by atoms with E-state index in [1.807, 2.05) is 24.3 Å². The van der Waals surface area contributed by atoms with Gasteiger partial charge in [0.05, 0.1) is 24.8 Å². The van der Waals surface area contributed by atoms with Crippen LogP contribution in [-0.2, 0) is 11.2 Å². The molecule has 2 bridgehead atoms. The number of likely N-dealkylation sites (tertiary alicyclic amines) is 1. The molecule has 2 N–H and O–H groups in total. The predicted octanol–water partition coefficient (Wildman–Crippen LogP) is 3.66. The van der Waals surface area contributed by atoms with Gasteiger partial charge in [-0.15, -0.1) is 0 Å². The predicted molar refractivity (Wildman–Crippen MR) is 101 cm³/mol. The summed E-state index contributed by atoms with van der Waals surface area (Å²) in [7, 11) is 0. The van der Waals surface area contributed by atoms with E-state index in [0.29, 0.717) is 35.8 Å². The summed E-state index contributed by atoms with van der Waals surface area (Å²) >= 11 is 5.84. The van der Waals surface area contributed by atoms with Gasteiger partial charge in [0.1, 0.15) is 0 Å². The van der Waals surface area contributed by atoms with Crippen molar-refractivity contribution in [2.75, 3.05) is 18.5 Å². The average molecular weight is 387 g/mol. The highest BCUT2D eigenvalue weighted by molar-refractivity contribution is 6.30. The summed E-state index contributed by atoms with van der Waals surface area (Å²) in [6.07, 6.45) is 0.498. The highest BCUT2D eigenvalue weighted by Crippen LogP contribution is 2.40. The number of amides is 2. The van der Waals surface area contributed by atoms with Crippen molar-refractivity contribution in [3.8, 4) is 0 Å². The van der Waals surface area contributed by atoms with Gasteiger partial charge in [-0.3, -0.25) is 4.79 Å². The summed E-state index contributed by atoms with van der Waals surface area (Å²) in [6.45, 7) is 0.865. The Hall–Kier alpha value is -2.57. The molecule has 2 heterocycles. The van der Waals surface area contributed by atoms with Gasteiger partial charge >= 0.3 is 6.09 Å². The minimum absolute atomic E-state index is 0.0413. The Morgan fingerprint density at radius 1 is 1.19 bits per heavy atom. The van der Waals surface area contributed by atoms with Crippen LogP contribution in [0.5, 0.6) is 0 Å². The lowest BCUT2D eigenvalue weighted by Gasteiger charge is -2.31. The largest absolute Gasteiger partial charge is 0.465 e. The van der Waals surface area contributed by atoms with Crippen LogP contribution in [-0.4, -0.2) is 46.8 Å². The zero-order valence-electron chi connectivity index (χ0n) is 14.5. The highest BCUT2D eigenvalue weighted by atomic mass is 35.5. The number of benzene rings is 2. The number of carboxylic acid groups (broad SMARTS) is 1. The van der Waals surface area contributed by atoms with Crippen molar-refractivity contribution in [2.24, 2.45) is 0 Å². The molecule has 2 aliphatic rings. The van der Waals surface area contributed by atoms with E-state index < -0.39 is 11.7 Å². The Balaban J connectivity index is 1.40. The van der Waals surface area contributed by atoms with Crippen molar-refractivity contribution < 1.29 is 19.4 Å². The lowest BCUT2D eigenvalue weighted by molar-refractivity contribution is -0.0386. The number of carbonyl (C=O) groups excluding carboxylic acids is 1. The molecule has 2 aromatic carbocycles. The second-order valence-electron chi connectivity index (χ2n) is 7.10. The first-order valence-electron chi connectivity index (χ1n) is 8.74. The maximum atomic E-state index is 12.3. The first-order valence-corrected chi connectivity index (χ1v) is 9.11. The topological polar surface area (TPSA) is 78.9 Å². The SMILES string of the molecule is O=C(Nc1ccc(C[C@]23C[C@H](CO2)N(C(=O)O)C3)cc1)c1ccc(Cl)cc1. The van der Waals surface area contributed by atoms with Crippen LogP contribution in [0.2, 0.25) is 5.02 Å². The Bertz CT molecular complexity index is 869. The molecule has 2 fully saturated rings. The second kappa shape index (κ2) is 6.87. The molecule has 7 heteroatoms. The summed E-state index contributed by atoms with van der Waals surface area (Å²) in [5.74, 6) is -0.201. The molecule has 6 nitrogen and oxygen atoms in total. The van der Waals surface area contributed by atoms with Crippen molar-refractivity contribution in [1.29, 1.82) is 0 Å². The van der Waals surface area contributed by atoms with Gasteiger partial charge in [0.25, 0.3) is 5.91 Å². The van der Waals surface area contributed by atoms with Crippen molar-refractivity contribution in [3.05, 3.63) is 64.7 Å². The van der Waals surface area contributed by atoms with Gasteiger partial charge in [0.2, 0.25) is 0 Å². The van der Waals surface area contributed by atoms with E-state index in [4.69, 9.17) is 16.3 Å². The molecule has 140 valence electrons. The maximum absolute atomic E-state index is 12.3. The third kappa shape index (κ3) is 3.63. The van der Waals surface area contributed by atoms with Crippen molar-refractivity contribution in [2.45, 2.75) is 24.5 Å². The fraction of sp³-hybridized carbons (Fsp3) is 0.300. The number of morpholine rings is 1. The molecule has 0 unspecified atom stereocenters. The van der Waals surface area contributed by atoms with E-state index >= 15 is 0 Å². The van der Waals surface area contributed by atoms with Crippen LogP contribution < -0.4 is 5.32 Å². The number of hydrogen-bond donors (Lipinski definition) is 2. The number of anilines is 1. The molecule has 0 saturated carbocycles. The van der Waals surface area contributed by atoms with Gasteiger partial charge in [-0.25, -0.2) is 4.79 Å². The smallest absolute Gasteiger partial charge is 0.407 e. The first-order chi connectivity index (χ1) is 12.9. The molecule has 27 heavy (non-hydrogen) atoms. The van der Waals surface area contributed by atoms with Crippen LogP contribution in [0.15, 0.2) is 48.5 Å². The number of carbonyl (C=O) groups is 2. The quantitative estimate of drug-likeness (QED) is 0.840. The average Bonchev–Trinajstić information content (AvgIpc) is 3.22. The molecule has 0 aliphatic carbocycles. The number of fused-ring (bicyclic) bond motifs is 2. The third-order valence-electron chi connectivity index (χ3n) is 5.18. The van der Waals surface area contributed by atoms with Gasteiger partial charge in [-0.2, -0.15) is 0 Å². The summed E-state index contributed by atoms with van der Waals surface area (Å²) < 4.78 is 5.90. The number of rotatable bonds is 4. The lowest BCUT2D eigenvalue weighted by Crippen LogP contribution is -2.46. The van der Waals surface area contributed by atoms with Crippen LogP contribution in [0.4, 0.5) is 10.5 Å². The van der Waals surface area contributed by atoms with Gasteiger partial charge in [0.15, 0.2) is 0 Å². The molecule has 4 rings (SSSR count). The minimum atomic E-state index is -0.884. The molecule has 2 aromatic rings. The van der Waals surface area contributed by atoms with Crippen molar-refractivity contribution in [3.63, 3.8) is 0 Å². The fourth-order valence-corrected chi connectivity index (χ4v) is 3.98. The Labute approximate surface area is 161 Å². The van der Waals surface area contributed by atoms with Crippen LogP contribution in [0.25, 0.3) is 0 Å². The molecular formula is C20H19ClN2O4. The molecular weight excluding hydrogens is 368 g/mol. The Morgan fingerprint density at radius 3 is 2.52 bits per heavy atom. The van der Waals surface area contributed by atoms with E-state index in [9.17, 15) is 14.7 Å². The fourth-order valence-electron chi connectivity index (χ4n) is 3.86. The monoisotopic (exact) mass is 386 g/mol. The molecule has 2 amide bonds. The van der Waals surface area contributed by atoms with Gasteiger partial charge < -0.3 is 20.1 Å².